The van der Waals surface area contributed by atoms with Crippen LogP contribution in [0.1, 0.15) is 29.3 Å². The Morgan fingerprint density at radius 2 is 1.95 bits per heavy atom. The molecule has 0 spiro atoms. The summed E-state index contributed by atoms with van der Waals surface area (Å²) in [5.41, 5.74) is 4.66. The molecule has 5 heteroatoms. The van der Waals surface area contributed by atoms with E-state index >= 15 is 0 Å². The molecule has 0 fully saturated rings. The van der Waals surface area contributed by atoms with Crippen LogP contribution < -0.4 is 5.43 Å². The molecule has 1 amide bonds. The van der Waals surface area contributed by atoms with Crippen molar-refractivity contribution in [2.75, 3.05) is 0 Å². The Morgan fingerprint density at radius 3 is 2.60 bits per heavy atom. The van der Waals surface area contributed by atoms with Gasteiger partial charge in [-0.25, -0.2) is 5.43 Å². The van der Waals surface area contributed by atoms with Gasteiger partial charge in [0.25, 0.3) is 5.91 Å². The van der Waals surface area contributed by atoms with Gasteiger partial charge in [-0.2, -0.15) is 5.10 Å². The molecular weight excluding hydrogens is 274 g/mol. The van der Waals surface area contributed by atoms with Crippen LogP contribution in [-0.4, -0.2) is 16.6 Å². The summed E-state index contributed by atoms with van der Waals surface area (Å²) in [6.07, 6.45) is 4.08. The molecule has 2 aromatic rings. The van der Waals surface area contributed by atoms with E-state index in [2.05, 4.69) is 15.5 Å². The predicted molar refractivity (Wildman–Crippen MR) is 80.0 cm³/mol. The Balaban J connectivity index is 2.16. The Kier molecular flexibility index (Phi) is 4.85. The molecule has 0 aliphatic heterocycles. The van der Waals surface area contributed by atoms with E-state index in [0.29, 0.717) is 17.0 Å². The number of amides is 1. The lowest BCUT2D eigenvalue weighted by Gasteiger charge is -2.06. The smallest absolute Gasteiger partial charge is 0.267 e. The van der Waals surface area contributed by atoms with E-state index in [-0.39, 0.29) is 5.91 Å². The normalized spacial score (nSPS) is 11.2. The maximum Gasteiger partial charge on any atom is 0.272 e. The van der Waals surface area contributed by atoms with Crippen LogP contribution >= 0.6 is 11.6 Å². The standard InChI is InChI=1S/C15H14ClN3O/c1-2-14(11-7-9-17-10-8-11)18-19-15(20)12-5-3-4-6-13(12)16/h3-10H,2H2,1H3,(H,19,20). The van der Waals surface area contributed by atoms with Gasteiger partial charge >= 0.3 is 0 Å². The first-order valence-electron chi connectivity index (χ1n) is 6.24. The second-order valence-electron chi connectivity index (χ2n) is 4.07. The van der Waals surface area contributed by atoms with Crippen LogP contribution in [0.5, 0.6) is 0 Å². The summed E-state index contributed by atoms with van der Waals surface area (Å²) in [6, 6.07) is 10.6. The maximum absolute atomic E-state index is 12.0. The number of pyridine rings is 1. The highest BCUT2D eigenvalue weighted by Crippen LogP contribution is 2.14. The number of hydrogen-bond acceptors (Lipinski definition) is 3. The molecule has 0 saturated carbocycles. The van der Waals surface area contributed by atoms with Crippen LogP contribution in [0.15, 0.2) is 53.9 Å². The molecule has 1 aromatic heterocycles. The summed E-state index contributed by atoms with van der Waals surface area (Å²) in [5.74, 6) is -0.324. The molecule has 0 saturated heterocycles. The Bertz CT molecular complexity index is 626. The monoisotopic (exact) mass is 287 g/mol. The number of halogens is 1. The second kappa shape index (κ2) is 6.82. The minimum absolute atomic E-state index is 0.324. The van der Waals surface area contributed by atoms with Crippen molar-refractivity contribution < 1.29 is 4.79 Å². The van der Waals surface area contributed by atoms with Crippen LogP contribution in [0.3, 0.4) is 0 Å². The lowest BCUT2D eigenvalue weighted by Crippen LogP contribution is -2.20. The maximum atomic E-state index is 12.0. The van der Waals surface area contributed by atoms with Crippen molar-refractivity contribution in [2.24, 2.45) is 5.10 Å². The molecule has 2 rings (SSSR count). The van der Waals surface area contributed by atoms with E-state index in [1.165, 1.54) is 0 Å². The first-order chi connectivity index (χ1) is 9.72. The van der Waals surface area contributed by atoms with Crippen molar-refractivity contribution in [3.63, 3.8) is 0 Å². The number of carbonyl (C=O) groups is 1. The molecule has 0 aliphatic rings. The molecule has 0 unspecified atom stereocenters. The molecule has 0 aliphatic carbocycles. The number of rotatable bonds is 4. The first-order valence-corrected chi connectivity index (χ1v) is 6.62. The van der Waals surface area contributed by atoms with E-state index in [1.807, 2.05) is 19.1 Å². The van der Waals surface area contributed by atoms with Gasteiger partial charge in [-0.05, 0) is 30.7 Å². The zero-order valence-electron chi connectivity index (χ0n) is 11.0. The van der Waals surface area contributed by atoms with Crippen LogP contribution in [-0.2, 0) is 0 Å². The third-order valence-corrected chi connectivity index (χ3v) is 3.09. The van der Waals surface area contributed by atoms with Crippen molar-refractivity contribution in [3.8, 4) is 0 Å². The van der Waals surface area contributed by atoms with E-state index in [1.54, 1.807) is 36.7 Å². The quantitative estimate of drug-likeness (QED) is 0.693. The Morgan fingerprint density at radius 1 is 1.25 bits per heavy atom. The van der Waals surface area contributed by atoms with Crippen molar-refractivity contribution in [1.82, 2.24) is 10.4 Å². The van der Waals surface area contributed by atoms with Gasteiger partial charge in [0.05, 0.1) is 16.3 Å². The van der Waals surface area contributed by atoms with E-state index < -0.39 is 0 Å². The van der Waals surface area contributed by atoms with E-state index in [9.17, 15) is 4.79 Å². The summed E-state index contributed by atoms with van der Waals surface area (Å²) >= 11 is 5.97. The fraction of sp³-hybridized carbons (Fsp3) is 0.133. The summed E-state index contributed by atoms with van der Waals surface area (Å²) in [5, 5.41) is 4.57. The lowest BCUT2D eigenvalue weighted by molar-refractivity contribution is 0.0955. The fourth-order valence-electron chi connectivity index (χ4n) is 1.72. The molecule has 0 radical (unpaired) electrons. The van der Waals surface area contributed by atoms with E-state index in [4.69, 9.17) is 11.6 Å². The number of carbonyl (C=O) groups excluding carboxylic acids is 1. The lowest BCUT2D eigenvalue weighted by atomic mass is 10.1. The molecule has 0 bridgehead atoms. The third-order valence-electron chi connectivity index (χ3n) is 2.76. The minimum Gasteiger partial charge on any atom is -0.267 e. The van der Waals surface area contributed by atoms with Crippen molar-refractivity contribution in [3.05, 3.63) is 64.9 Å². The van der Waals surface area contributed by atoms with E-state index in [0.717, 1.165) is 11.3 Å². The highest BCUT2D eigenvalue weighted by molar-refractivity contribution is 6.33. The van der Waals surface area contributed by atoms with Crippen molar-refractivity contribution >= 4 is 23.2 Å². The largest absolute Gasteiger partial charge is 0.272 e. The van der Waals surface area contributed by atoms with Gasteiger partial charge < -0.3 is 0 Å². The van der Waals surface area contributed by atoms with Crippen LogP contribution in [0.4, 0.5) is 0 Å². The SMILES string of the molecule is CCC(=NNC(=O)c1ccccc1Cl)c1ccncc1. The summed E-state index contributed by atoms with van der Waals surface area (Å²) in [4.78, 5) is 16.0. The molecule has 1 heterocycles. The molecule has 1 aromatic carbocycles. The van der Waals surface area contributed by atoms with Gasteiger partial charge in [0.15, 0.2) is 0 Å². The average Bonchev–Trinajstić information content (AvgIpc) is 2.49. The van der Waals surface area contributed by atoms with Gasteiger partial charge in [0.2, 0.25) is 0 Å². The zero-order valence-corrected chi connectivity index (χ0v) is 11.8. The second-order valence-corrected chi connectivity index (χ2v) is 4.48. The topological polar surface area (TPSA) is 54.4 Å². The molecule has 4 nitrogen and oxygen atoms in total. The fourth-order valence-corrected chi connectivity index (χ4v) is 1.94. The molecule has 1 N–H and O–H groups in total. The van der Waals surface area contributed by atoms with Gasteiger partial charge in [-0.1, -0.05) is 30.7 Å². The average molecular weight is 288 g/mol. The summed E-state index contributed by atoms with van der Waals surface area (Å²) in [6.45, 7) is 1.97. The molecule has 102 valence electrons. The van der Waals surface area contributed by atoms with Gasteiger partial charge in [-0.15, -0.1) is 0 Å². The van der Waals surface area contributed by atoms with Crippen molar-refractivity contribution in [2.45, 2.75) is 13.3 Å². The molecule has 20 heavy (non-hydrogen) atoms. The number of aromatic nitrogens is 1. The number of hydrazone groups is 1. The minimum atomic E-state index is -0.324. The third kappa shape index (κ3) is 3.42. The number of nitrogens with one attached hydrogen (secondary N) is 1. The summed E-state index contributed by atoms with van der Waals surface area (Å²) < 4.78 is 0. The highest BCUT2D eigenvalue weighted by atomic mass is 35.5. The number of benzene rings is 1. The predicted octanol–water partition coefficient (Wildman–Crippen LogP) is 3.28. The molecular formula is C15H14ClN3O. The van der Waals surface area contributed by atoms with Gasteiger partial charge in [0, 0.05) is 18.0 Å². The summed E-state index contributed by atoms with van der Waals surface area (Å²) in [7, 11) is 0. The highest BCUT2D eigenvalue weighted by Gasteiger charge is 2.09. The molecule has 0 atom stereocenters. The van der Waals surface area contributed by atoms with Crippen LogP contribution in [0, 0.1) is 0 Å². The van der Waals surface area contributed by atoms with Crippen LogP contribution in [0.25, 0.3) is 0 Å². The Hall–Kier alpha value is -2.20. The first kappa shape index (κ1) is 14.2. The zero-order chi connectivity index (χ0) is 14.4. The number of hydrogen-bond donors (Lipinski definition) is 1. The number of nitrogens with zero attached hydrogens (tertiary/aromatic N) is 2. The van der Waals surface area contributed by atoms with Crippen LogP contribution in [0.2, 0.25) is 5.02 Å². The van der Waals surface area contributed by atoms with Gasteiger partial charge in [0.1, 0.15) is 0 Å². The Labute approximate surface area is 122 Å². The van der Waals surface area contributed by atoms with Crippen molar-refractivity contribution in [1.29, 1.82) is 0 Å². The van der Waals surface area contributed by atoms with Gasteiger partial charge in [-0.3, -0.25) is 9.78 Å².